The molecule has 5 rings (SSSR count). The zero-order valence-corrected chi connectivity index (χ0v) is 14.3. The Bertz CT molecular complexity index is 635. The normalized spacial score (nSPS) is 36.5. The van der Waals surface area contributed by atoms with Crippen LogP contribution in [0.2, 0.25) is 0 Å². The fourth-order valence-electron chi connectivity index (χ4n) is 5.62. The Morgan fingerprint density at radius 3 is 2.17 bits per heavy atom. The van der Waals surface area contributed by atoms with Gasteiger partial charge in [-0.25, -0.2) is 0 Å². The molecule has 1 amide bonds. The van der Waals surface area contributed by atoms with Crippen molar-refractivity contribution in [1.82, 2.24) is 0 Å². The number of nitrogens with one attached hydrogen (secondary N) is 1. The second kappa shape index (κ2) is 5.38. The first-order chi connectivity index (χ1) is 11.4. The quantitative estimate of drug-likeness (QED) is 0.890. The molecular formula is C19H25NO4. The molecule has 0 aliphatic heterocycles. The number of hydrogen-bond acceptors (Lipinski definition) is 4. The van der Waals surface area contributed by atoms with E-state index in [1.807, 2.05) is 0 Å². The lowest BCUT2D eigenvalue weighted by Crippen LogP contribution is -2.59. The van der Waals surface area contributed by atoms with Crippen LogP contribution in [0.3, 0.4) is 0 Å². The minimum absolute atomic E-state index is 0.0327. The molecule has 0 radical (unpaired) electrons. The fraction of sp³-hybridized carbons (Fsp3) is 0.632. The molecule has 5 heteroatoms. The maximum Gasteiger partial charge on any atom is 0.230 e. The largest absolute Gasteiger partial charge is 0.497 e. The molecule has 4 saturated carbocycles. The van der Waals surface area contributed by atoms with Crippen LogP contribution in [0.4, 0.5) is 5.69 Å². The van der Waals surface area contributed by atoms with Gasteiger partial charge in [0.1, 0.15) is 11.5 Å². The lowest BCUT2D eigenvalue weighted by Gasteiger charge is -2.59. The number of methoxy groups -OCH3 is 2. The summed E-state index contributed by atoms with van der Waals surface area (Å²) in [6.45, 7) is 0. The molecule has 0 heterocycles. The van der Waals surface area contributed by atoms with Gasteiger partial charge in [0.25, 0.3) is 0 Å². The minimum atomic E-state index is -0.631. The van der Waals surface area contributed by atoms with Gasteiger partial charge in [0.15, 0.2) is 0 Å². The number of hydrogen-bond donors (Lipinski definition) is 2. The summed E-state index contributed by atoms with van der Waals surface area (Å²) in [6, 6.07) is 5.38. The summed E-state index contributed by atoms with van der Waals surface area (Å²) in [4.78, 5) is 13.1. The number of rotatable bonds is 4. The third kappa shape index (κ3) is 2.55. The van der Waals surface area contributed by atoms with Crippen molar-refractivity contribution in [2.75, 3.05) is 19.5 Å². The van der Waals surface area contributed by atoms with E-state index in [0.29, 0.717) is 35.4 Å². The van der Waals surface area contributed by atoms with Crippen molar-refractivity contribution in [1.29, 1.82) is 0 Å². The van der Waals surface area contributed by atoms with Gasteiger partial charge in [-0.3, -0.25) is 4.79 Å². The predicted molar refractivity (Wildman–Crippen MR) is 90.2 cm³/mol. The highest BCUT2D eigenvalue weighted by molar-refractivity contribution is 5.96. The SMILES string of the molecule is COc1cc(NC(=O)C23C[C@@H]4C[C@@H](CC(O)(C4)C2)C3)cc(OC)c1. The van der Waals surface area contributed by atoms with Crippen molar-refractivity contribution in [2.24, 2.45) is 17.3 Å². The van der Waals surface area contributed by atoms with E-state index < -0.39 is 11.0 Å². The van der Waals surface area contributed by atoms with Gasteiger partial charge in [0.05, 0.1) is 25.2 Å². The molecule has 0 spiro atoms. The maximum absolute atomic E-state index is 13.1. The third-order valence-electron chi connectivity index (χ3n) is 6.12. The molecular weight excluding hydrogens is 306 g/mol. The lowest BCUT2D eigenvalue weighted by atomic mass is 9.47. The summed E-state index contributed by atoms with van der Waals surface area (Å²) >= 11 is 0. The monoisotopic (exact) mass is 331 g/mol. The van der Waals surface area contributed by atoms with Crippen molar-refractivity contribution in [3.8, 4) is 11.5 Å². The summed E-state index contributed by atoms with van der Waals surface area (Å²) in [7, 11) is 3.18. The Morgan fingerprint density at radius 2 is 1.67 bits per heavy atom. The van der Waals surface area contributed by atoms with Crippen LogP contribution >= 0.6 is 0 Å². The van der Waals surface area contributed by atoms with Crippen molar-refractivity contribution >= 4 is 11.6 Å². The van der Waals surface area contributed by atoms with E-state index in [4.69, 9.17) is 9.47 Å². The Labute approximate surface area is 142 Å². The van der Waals surface area contributed by atoms with Crippen LogP contribution in [-0.4, -0.2) is 30.8 Å². The first-order valence-corrected chi connectivity index (χ1v) is 8.71. The zero-order valence-electron chi connectivity index (χ0n) is 14.3. The number of benzene rings is 1. The highest BCUT2D eigenvalue weighted by Crippen LogP contribution is 2.61. The van der Waals surface area contributed by atoms with Crippen molar-refractivity contribution in [3.05, 3.63) is 18.2 Å². The standard InChI is InChI=1S/C19H25NO4/c1-23-15-4-14(5-16(6-15)24-2)20-17(21)18-7-12-3-13(8-18)10-19(22,9-12)11-18/h4-6,12-13,22H,3,7-11H2,1-2H3,(H,20,21)/t12-,13+,18?,19?. The van der Waals surface area contributed by atoms with Gasteiger partial charge in [-0.2, -0.15) is 0 Å². The smallest absolute Gasteiger partial charge is 0.230 e. The summed E-state index contributed by atoms with van der Waals surface area (Å²) < 4.78 is 10.5. The molecule has 1 aromatic carbocycles. The molecule has 0 saturated heterocycles. The topological polar surface area (TPSA) is 67.8 Å². The Kier molecular flexibility index (Phi) is 3.53. The Hall–Kier alpha value is -1.75. The molecule has 130 valence electrons. The second-order valence-electron chi connectivity index (χ2n) is 8.02. The average molecular weight is 331 g/mol. The average Bonchev–Trinajstić information content (AvgIpc) is 2.52. The summed E-state index contributed by atoms with van der Waals surface area (Å²) in [5, 5.41) is 13.9. The van der Waals surface area contributed by atoms with Crippen LogP contribution < -0.4 is 14.8 Å². The lowest BCUT2D eigenvalue weighted by molar-refractivity contribution is -0.174. The number of carbonyl (C=O) groups is 1. The van der Waals surface area contributed by atoms with Crippen LogP contribution in [0, 0.1) is 17.3 Å². The van der Waals surface area contributed by atoms with E-state index in [1.165, 1.54) is 6.42 Å². The van der Waals surface area contributed by atoms with Gasteiger partial charge < -0.3 is 19.9 Å². The second-order valence-corrected chi connectivity index (χ2v) is 8.02. The minimum Gasteiger partial charge on any atom is -0.497 e. The molecule has 5 nitrogen and oxygen atoms in total. The number of ether oxygens (including phenoxy) is 2. The highest BCUT2D eigenvalue weighted by Gasteiger charge is 2.60. The van der Waals surface area contributed by atoms with E-state index in [-0.39, 0.29) is 5.91 Å². The molecule has 4 aliphatic carbocycles. The van der Waals surface area contributed by atoms with Gasteiger partial charge in [-0.15, -0.1) is 0 Å². The van der Waals surface area contributed by atoms with Gasteiger partial charge in [-0.05, 0) is 50.4 Å². The van der Waals surface area contributed by atoms with Crippen LogP contribution in [-0.2, 0) is 4.79 Å². The van der Waals surface area contributed by atoms with E-state index >= 15 is 0 Å². The molecule has 4 atom stereocenters. The van der Waals surface area contributed by atoms with Gasteiger partial charge in [-0.1, -0.05) is 0 Å². The molecule has 4 aliphatic rings. The summed E-state index contributed by atoms with van der Waals surface area (Å²) in [6.07, 6.45) is 5.30. The number of anilines is 1. The Morgan fingerprint density at radius 1 is 1.08 bits per heavy atom. The van der Waals surface area contributed by atoms with E-state index in [2.05, 4.69) is 5.32 Å². The van der Waals surface area contributed by atoms with Crippen molar-refractivity contribution in [3.63, 3.8) is 0 Å². The molecule has 24 heavy (non-hydrogen) atoms. The molecule has 4 bridgehead atoms. The van der Waals surface area contributed by atoms with E-state index in [0.717, 1.165) is 25.7 Å². The molecule has 2 N–H and O–H groups in total. The van der Waals surface area contributed by atoms with Crippen molar-refractivity contribution in [2.45, 2.75) is 44.1 Å². The highest BCUT2D eigenvalue weighted by atomic mass is 16.5. The molecule has 2 unspecified atom stereocenters. The number of aliphatic hydroxyl groups is 1. The van der Waals surface area contributed by atoms with Crippen LogP contribution in [0.15, 0.2) is 18.2 Å². The third-order valence-corrected chi connectivity index (χ3v) is 6.12. The molecule has 4 fully saturated rings. The van der Waals surface area contributed by atoms with Crippen molar-refractivity contribution < 1.29 is 19.4 Å². The van der Waals surface area contributed by atoms with Crippen LogP contribution in [0.5, 0.6) is 11.5 Å². The first-order valence-electron chi connectivity index (χ1n) is 8.71. The molecule has 0 aromatic heterocycles. The van der Waals surface area contributed by atoms with Gasteiger partial charge in [0, 0.05) is 23.9 Å². The summed E-state index contributed by atoms with van der Waals surface area (Å²) in [5.41, 5.74) is -0.373. The first kappa shape index (κ1) is 15.8. The fourth-order valence-corrected chi connectivity index (χ4v) is 5.62. The van der Waals surface area contributed by atoms with E-state index in [1.54, 1.807) is 32.4 Å². The molecule has 1 aromatic rings. The van der Waals surface area contributed by atoms with Crippen LogP contribution in [0.25, 0.3) is 0 Å². The zero-order chi connectivity index (χ0) is 16.9. The number of carbonyl (C=O) groups excluding carboxylic acids is 1. The predicted octanol–water partition coefficient (Wildman–Crippen LogP) is 2.97. The summed E-state index contributed by atoms with van der Waals surface area (Å²) in [5.74, 6) is 2.30. The van der Waals surface area contributed by atoms with Gasteiger partial charge in [0.2, 0.25) is 5.91 Å². The van der Waals surface area contributed by atoms with Gasteiger partial charge >= 0.3 is 0 Å². The van der Waals surface area contributed by atoms with Crippen LogP contribution in [0.1, 0.15) is 38.5 Å². The Balaban J connectivity index is 1.58. The number of amides is 1. The van der Waals surface area contributed by atoms with E-state index in [9.17, 15) is 9.90 Å². The maximum atomic E-state index is 13.1.